The third-order valence-corrected chi connectivity index (χ3v) is 8.50. The number of sulfone groups is 1. The van der Waals surface area contributed by atoms with Crippen LogP contribution in [0.5, 0.6) is 0 Å². The Hall–Kier alpha value is -1.84. The molecule has 1 amide bonds. The van der Waals surface area contributed by atoms with E-state index in [0.29, 0.717) is 35.5 Å². The molecule has 0 bridgehead atoms. The van der Waals surface area contributed by atoms with Gasteiger partial charge in [0.15, 0.2) is 17.8 Å². The van der Waals surface area contributed by atoms with Gasteiger partial charge in [0.25, 0.3) is 0 Å². The standard InChI is InChI=1S/C23H30BBrN2O4S/c1-4-16(21-9-5-18(25)11-15(21)2)14-31-23(28)26-19-6-10-22(17(12-19)13-27(3)24)32(29,30)20-7-8-20/h5-6,9-12,16,20H,4,7-8,13-14,24H2,1-3H3,(H,26,28)/t16-/m0/s1. The maximum absolute atomic E-state index is 12.8. The van der Waals surface area contributed by atoms with Crippen LogP contribution >= 0.6 is 15.9 Å². The number of ether oxygens (including phenoxy) is 1. The Bertz CT molecular complexity index is 1090. The van der Waals surface area contributed by atoms with E-state index >= 15 is 0 Å². The fraction of sp³-hybridized carbons (Fsp3) is 0.435. The van der Waals surface area contributed by atoms with Crippen molar-refractivity contribution in [3.05, 3.63) is 57.6 Å². The summed E-state index contributed by atoms with van der Waals surface area (Å²) in [6.07, 6.45) is 1.72. The molecule has 1 N–H and O–H groups in total. The van der Waals surface area contributed by atoms with E-state index in [0.717, 1.165) is 22.0 Å². The third kappa shape index (κ3) is 6.14. The van der Waals surface area contributed by atoms with Crippen LogP contribution in [0.2, 0.25) is 0 Å². The number of hydrogen-bond acceptors (Lipinski definition) is 5. The van der Waals surface area contributed by atoms with Crippen molar-refractivity contribution in [2.24, 2.45) is 0 Å². The Kier molecular flexibility index (Phi) is 8.06. The minimum Gasteiger partial charge on any atom is -0.449 e. The van der Waals surface area contributed by atoms with Crippen molar-refractivity contribution in [3.63, 3.8) is 0 Å². The van der Waals surface area contributed by atoms with E-state index in [4.69, 9.17) is 4.74 Å². The lowest BCUT2D eigenvalue weighted by molar-refractivity contribution is 0.152. The number of halogens is 1. The van der Waals surface area contributed by atoms with Crippen LogP contribution in [0.4, 0.5) is 10.5 Å². The van der Waals surface area contributed by atoms with Gasteiger partial charge >= 0.3 is 6.09 Å². The highest BCUT2D eigenvalue weighted by Gasteiger charge is 2.38. The number of nitrogens with one attached hydrogen (secondary N) is 1. The zero-order chi connectivity index (χ0) is 23.5. The number of aryl methyl sites for hydroxylation is 1. The van der Waals surface area contributed by atoms with Crippen molar-refractivity contribution in [1.82, 2.24) is 4.81 Å². The van der Waals surface area contributed by atoms with Gasteiger partial charge in [0, 0.05) is 22.6 Å². The van der Waals surface area contributed by atoms with Crippen LogP contribution in [0.15, 0.2) is 45.8 Å². The van der Waals surface area contributed by atoms with E-state index in [1.54, 1.807) is 18.2 Å². The largest absolute Gasteiger partial charge is 0.449 e. The Labute approximate surface area is 200 Å². The summed E-state index contributed by atoms with van der Waals surface area (Å²) >= 11 is 3.48. The van der Waals surface area contributed by atoms with Crippen molar-refractivity contribution in [3.8, 4) is 0 Å². The molecule has 1 saturated carbocycles. The van der Waals surface area contributed by atoms with Gasteiger partial charge in [-0.3, -0.25) is 5.32 Å². The number of carbonyl (C=O) groups excluding carboxylic acids is 1. The number of hydrogen-bond donors (Lipinski definition) is 1. The van der Waals surface area contributed by atoms with E-state index in [1.807, 2.05) is 32.8 Å². The Balaban J connectivity index is 1.70. The second-order valence-corrected chi connectivity index (χ2v) is 11.7. The Morgan fingerprint density at radius 3 is 2.59 bits per heavy atom. The van der Waals surface area contributed by atoms with Crippen LogP contribution in [-0.4, -0.2) is 46.2 Å². The molecule has 0 radical (unpaired) electrons. The molecule has 3 rings (SSSR count). The van der Waals surface area contributed by atoms with E-state index in [1.165, 1.54) is 0 Å². The van der Waals surface area contributed by atoms with Crippen molar-refractivity contribution < 1.29 is 17.9 Å². The number of carbonyl (C=O) groups is 1. The van der Waals surface area contributed by atoms with Crippen molar-refractivity contribution in [2.45, 2.75) is 55.7 Å². The van der Waals surface area contributed by atoms with Gasteiger partial charge in [-0.1, -0.05) is 28.9 Å². The van der Waals surface area contributed by atoms with Crippen LogP contribution < -0.4 is 5.32 Å². The fourth-order valence-electron chi connectivity index (χ4n) is 3.81. The lowest BCUT2D eigenvalue weighted by Crippen LogP contribution is -2.20. The highest BCUT2D eigenvalue weighted by Crippen LogP contribution is 2.36. The topological polar surface area (TPSA) is 75.7 Å². The summed E-state index contributed by atoms with van der Waals surface area (Å²) in [4.78, 5) is 14.7. The molecule has 0 aliphatic heterocycles. The van der Waals surface area contributed by atoms with Gasteiger partial charge in [-0.25, -0.2) is 13.2 Å². The molecule has 2 aromatic rings. The summed E-state index contributed by atoms with van der Waals surface area (Å²) in [6, 6.07) is 11.1. The van der Waals surface area contributed by atoms with Gasteiger partial charge < -0.3 is 9.55 Å². The molecule has 1 aliphatic carbocycles. The van der Waals surface area contributed by atoms with Crippen molar-refractivity contribution in [1.29, 1.82) is 0 Å². The summed E-state index contributed by atoms with van der Waals surface area (Å²) < 4.78 is 32.1. The number of amides is 1. The van der Waals surface area contributed by atoms with Crippen LogP contribution in [0.1, 0.15) is 48.8 Å². The molecular formula is C23H30BBrN2O4S. The first kappa shape index (κ1) is 24.8. The normalized spacial score (nSPS) is 14.9. The molecule has 0 heterocycles. The van der Waals surface area contributed by atoms with Crippen LogP contribution in [0.25, 0.3) is 0 Å². The zero-order valence-electron chi connectivity index (χ0n) is 19.0. The van der Waals surface area contributed by atoms with Gasteiger partial charge in [-0.05, 0) is 80.3 Å². The molecule has 1 atom stereocenters. The smallest absolute Gasteiger partial charge is 0.411 e. The highest BCUT2D eigenvalue weighted by atomic mass is 79.9. The van der Waals surface area contributed by atoms with Crippen LogP contribution in [0.3, 0.4) is 0 Å². The second kappa shape index (κ2) is 10.4. The Morgan fingerprint density at radius 1 is 1.28 bits per heavy atom. The summed E-state index contributed by atoms with van der Waals surface area (Å²) in [5, 5.41) is 2.47. The first-order valence-electron chi connectivity index (χ1n) is 10.8. The molecule has 2 aromatic carbocycles. The number of benzene rings is 2. The van der Waals surface area contributed by atoms with E-state index < -0.39 is 15.9 Å². The molecule has 1 fully saturated rings. The molecule has 0 spiro atoms. The average Bonchev–Trinajstić information content (AvgIpc) is 3.55. The predicted molar refractivity (Wildman–Crippen MR) is 134 cm³/mol. The summed E-state index contributed by atoms with van der Waals surface area (Å²) in [7, 11) is 0.448. The van der Waals surface area contributed by atoms with Crippen molar-refractivity contribution in [2.75, 3.05) is 19.0 Å². The molecule has 32 heavy (non-hydrogen) atoms. The second-order valence-electron chi connectivity index (χ2n) is 8.63. The molecule has 1 aliphatic rings. The predicted octanol–water partition coefficient (Wildman–Crippen LogP) is 4.42. The summed E-state index contributed by atoms with van der Waals surface area (Å²) in [5.74, 6) is 0.101. The van der Waals surface area contributed by atoms with Gasteiger partial charge in [0.05, 0.1) is 10.1 Å². The van der Waals surface area contributed by atoms with E-state index in [9.17, 15) is 13.2 Å². The maximum Gasteiger partial charge on any atom is 0.411 e. The lowest BCUT2D eigenvalue weighted by Gasteiger charge is -2.19. The van der Waals surface area contributed by atoms with E-state index in [2.05, 4.69) is 40.3 Å². The number of anilines is 1. The minimum absolute atomic E-state index is 0.101. The molecule has 0 unspecified atom stereocenters. The van der Waals surface area contributed by atoms with E-state index in [-0.39, 0.29) is 17.8 Å². The summed E-state index contributed by atoms with van der Waals surface area (Å²) in [6.45, 7) is 4.85. The SMILES string of the molecule is BN(C)Cc1cc(NC(=O)OC[C@H](CC)c2ccc(Br)cc2C)ccc1S(=O)(=O)C1CC1. The molecule has 172 valence electrons. The maximum atomic E-state index is 12.8. The number of rotatable bonds is 9. The van der Waals surface area contributed by atoms with Crippen LogP contribution in [0, 0.1) is 6.92 Å². The monoisotopic (exact) mass is 520 g/mol. The number of nitrogens with zero attached hydrogens (tertiary/aromatic N) is 1. The molecular weight excluding hydrogens is 491 g/mol. The van der Waals surface area contributed by atoms with Gasteiger partial charge in [0.2, 0.25) is 0 Å². The van der Waals surface area contributed by atoms with Gasteiger partial charge in [-0.2, -0.15) is 0 Å². The molecule has 6 nitrogen and oxygen atoms in total. The molecule has 0 aromatic heterocycles. The first-order chi connectivity index (χ1) is 15.1. The first-order valence-corrected chi connectivity index (χ1v) is 13.2. The quantitative estimate of drug-likeness (QED) is 0.495. The van der Waals surface area contributed by atoms with Gasteiger partial charge in [0.1, 0.15) is 6.61 Å². The lowest BCUT2D eigenvalue weighted by atomic mass is 9.93. The van der Waals surface area contributed by atoms with Gasteiger partial charge in [-0.15, -0.1) is 0 Å². The fourth-order valence-corrected chi connectivity index (χ4v) is 6.15. The molecule has 9 heteroatoms. The minimum atomic E-state index is -3.32. The Morgan fingerprint density at radius 2 is 2.00 bits per heavy atom. The van der Waals surface area contributed by atoms with Crippen molar-refractivity contribution >= 4 is 45.5 Å². The highest BCUT2D eigenvalue weighted by molar-refractivity contribution is 9.10. The summed E-state index contributed by atoms with van der Waals surface area (Å²) in [5.41, 5.74) is 3.51. The average molecular weight is 521 g/mol. The van der Waals surface area contributed by atoms with Crippen LogP contribution in [-0.2, 0) is 21.1 Å². The molecule has 0 saturated heterocycles. The zero-order valence-corrected chi connectivity index (χ0v) is 21.4. The third-order valence-electron chi connectivity index (χ3n) is 5.64.